The molecule has 5 nitrogen and oxygen atoms in total. The van der Waals surface area contributed by atoms with Crippen LogP contribution >= 0.6 is 0 Å². The largest absolute Gasteiger partial charge is 0.363 e. The highest BCUT2D eigenvalue weighted by Crippen LogP contribution is 2.04. The quantitative estimate of drug-likeness (QED) is 0.697. The number of anilines is 1. The van der Waals surface area contributed by atoms with Crippen molar-refractivity contribution in [3.63, 3.8) is 0 Å². The number of hydrogen-bond donors (Lipinski definition) is 1. The Kier molecular flexibility index (Phi) is 3.24. The molecule has 0 saturated heterocycles. The number of rotatable bonds is 3. The average Bonchev–Trinajstić information content (AvgIpc) is 2.12. The maximum Gasteiger partial charge on any atom is 0.255 e. The van der Waals surface area contributed by atoms with Crippen LogP contribution in [0.15, 0.2) is 10.9 Å². The van der Waals surface area contributed by atoms with Crippen molar-refractivity contribution >= 4 is 5.82 Å². The normalized spacial score (nSPS) is 10.3. The van der Waals surface area contributed by atoms with Gasteiger partial charge in [0.15, 0.2) is 0 Å². The highest BCUT2D eigenvalue weighted by molar-refractivity contribution is 5.35. The van der Waals surface area contributed by atoms with E-state index in [4.69, 9.17) is 5.73 Å². The van der Waals surface area contributed by atoms with Gasteiger partial charge in [-0.2, -0.15) is 0 Å². The summed E-state index contributed by atoms with van der Waals surface area (Å²) in [6, 6.07) is 1.51. The fourth-order valence-electron chi connectivity index (χ4n) is 1.16. The Hall–Kier alpha value is -1.36. The fraction of sp³-hybridized carbons (Fsp3) is 0.556. The van der Waals surface area contributed by atoms with Gasteiger partial charge in [-0.3, -0.25) is 9.36 Å². The van der Waals surface area contributed by atoms with E-state index in [1.54, 1.807) is 11.9 Å². The molecule has 0 fully saturated rings. The van der Waals surface area contributed by atoms with Crippen LogP contribution in [0.1, 0.15) is 5.82 Å². The van der Waals surface area contributed by atoms with Gasteiger partial charge in [0.2, 0.25) is 0 Å². The fourth-order valence-corrected chi connectivity index (χ4v) is 1.16. The van der Waals surface area contributed by atoms with Crippen molar-refractivity contribution in [2.75, 3.05) is 25.5 Å². The van der Waals surface area contributed by atoms with E-state index < -0.39 is 0 Å². The van der Waals surface area contributed by atoms with Gasteiger partial charge < -0.3 is 10.6 Å². The van der Waals surface area contributed by atoms with Gasteiger partial charge in [-0.25, -0.2) is 4.98 Å². The second-order valence-corrected chi connectivity index (χ2v) is 3.36. The summed E-state index contributed by atoms with van der Waals surface area (Å²) >= 11 is 0. The van der Waals surface area contributed by atoms with Crippen molar-refractivity contribution in [2.24, 2.45) is 12.8 Å². The Bertz CT molecular complexity index is 370. The monoisotopic (exact) mass is 196 g/mol. The summed E-state index contributed by atoms with van der Waals surface area (Å²) in [7, 11) is 5.42. The highest BCUT2D eigenvalue weighted by atomic mass is 16.1. The molecule has 0 unspecified atom stereocenters. The molecule has 78 valence electrons. The van der Waals surface area contributed by atoms with E-state index in [1.807, 2.05) is 14.1 Å². The zero-order valence-corrected chi connectivity index (χ0v) is 8.82. The molecule has 0 aliphatic rings. The van der Waals surface area contributed by atoms with Crippen LogP contribution in [0.3, 0.4) is 0 Å². The van der Waals surface area contributed by atoms with E-state index >= 15 is 0 Å². The van der Waals surface area contributed by atoms with Crippen LogP contribution in [0.5, 0.6) is 0 Å². The van der Waals surface area contributed by atoms with Crippen molar-refractivity contribution in [3.8, 4) is 0 Å². The lowest BCUT2D eigenvalue weighted by Crippen LogP contribution is -2.26. The van der Waals surface area contributed by atoms with Gasteiger partial charge >= 0.3 is 0 Å². The van der Waals surface area contributed by atoms with E-state index in [2.05, 4.69) is 4.98 Å². The van der Waals surface area contributed by atoms with Crippen LogP contribution in [0.25, 0.3) is 0 Å². The van der Waals surface area contributed by atoms with Gasteiger partial charge in [-0.15, -0.1) is 0 Å². The Morgan fingerprint density at radius 1 is 1.57 bits per heavy atom. The topological polar surface area (TPSA) is 64.2 Å². The molecule has 0 bridgehead atoms. The third-order valence-electron chi connectivity index (χ3n) is 2.04. The van der Waals surface area contributed by atoms with Crippen LogP contribution in [-0.4, -0.2) is 30.2 Å². The molecule has 0 saturated carbocycles. The Balaban J connectivity index is 3.21. The first-order chi connectivity index (χ1) is 6.56. The van der Waals surface area contributed by atoms with Gasteiger partial charge in [-0.1, -0.05) is 0 Å². The maximum absolute atomic E-state index is 11.5. The molecular formula is C9H16N4O. The smallest absolute Gasteiger partial charge is 0.255 e. The second kappa shape index (κ2) is 4.23. The van der Waals surface area contributed by atoms with Crippen LogP contribution in [0.4, 0.5) is 5.82 Å². The zero-order chi connectivity index (χ0) is 10.7. The molecule has 1 aromatic rings. The predicted octanol–water partition coefficient (Wildman–Crippen LogP) is -0.652. The first-order valence-corrected chi connectivity index (χ1v) is 4.50. The summed E-state index contributed by atoms with van der Waals surface area (Å²) in [5.41, 5.74) is 5.39. The summed E-state index contributed by atoms with van der Waals surface area (Å²) in [6.45, 7) is 0.497. The molecular weight excluding hydrogens is 180 g/mol. The number of nitrogens with two attached hydrogens (primary N) is 1. The minimum Gasteiger partial charge on any atom is -0.363 e. The van der Waals surface area contributed by atoms with Crippen LogP contribution in [0, 0.1) is 0 Å². The lowest BCUT2D eigenvalue weighted by Gasteiger charge is -2.14. The molecule has 0 radical (unpaired) electrons. The molecule has 5 heteroatoms. The van der Waals surface area contributed by atoms with E-state index in [-0.39, 0.29) is 5.56 Å². The highest BCUT2D eigenvalue weighted by Gasteiger charge is 2.05. The molecule has 2 N–H and O–H groups in total. The van der Waals surface area contributed by atoms with Crippen molar-refractivity contribution in [3.05, 3.63) is 22.2 Å². The van der Waals surface area contributed by atoms with Crippen LogP contribution in [-0.2, 0) is 13.5 Å². The third kappa shape index (κ3) is 2.11. The van der Waals surface area contributed by atoms with Gasteiger partial charge in [0.05, 0.1) is 0 Å². The van der Waals surface area contributed by atoms with Crippen LogP contribution < -0.4 is 16.2 Å². The summed E-state index contributed by atoms with van der Waals surface area (Å²) in [5, 5.41) is 0. The standard InChI is InChI=1S/C9H16N4O/c1-12(2)8-6-9(14)13(3)7(11-8)4-5-10/h6H,4-5,10H2,1-3H3. The lowest BCUT2D eigenvalue weighted by molar-refractivity contribution is 0.715. The zero-order valence-electron chi connectivity index (χ0n) is 8.82. The SMILES string of the molecule is CN(C)c1cc(=O)n(C)c(CCN)n1. The summed E-state index contributed by atoms with van der Waals surface area (Å²) < 4.78 is 1.53. The van der Waals surface area contributed by atoms with Gasteiger partial charge in [-0.05, 0) is 6.54 Å². The summed E-state index contributed by atoms with van der Waals surface area (Å²) in [4.78, 5) is 17.6. The van der Waals surface area contributed by atoms with Crippen molar-refractivity contribution in [2.45, 2.75) is 6.42 Å². The maximum atomic E-state index is 11.5. The molecule has 0 aromatic carbocycles. The molecule has 0 amide bonds. The second-order valence-electron chi connectivity index (χ2n) is 3.36. The van der Waals surface area contributed by atoms with E-state index in [0.717, 1.165) is 5.82 Å². The molecule has 1 rings (SSSR count). The van der Waals surface area contributed by atoms with E-state index in [0.29, 0.717) is 18.8 Å². The van der Waals surface area contributed by atoms with Gasteiger partial charge in [0, 0.05) is 33.6 Å². The molecule has 14 heavy (non-hydrogen) atoms. The molecule has 0 aliphatic heterocycles. The molecule has 0 aliphatic carbocycles. The number of aromatic nitrogens is 2. The van der Waals surface area contributed by atoms with Crippen molar-refractivity contribution < 1.29 is 0 Å². The van der Waals surface area contributed by atoms with Crippen LogP contribution in [0.2, 0.25) is 0 Å². The van der Waals surface area contributed by atoms with E-state index in [1.165, 1.54) is 10.6 Å². The van der Waals surface area contributed by atoms with Crippen molar-refractivity contribution in [1.29, 1.82) is 0 Å². The summed E-state index contributed by atoms with van der Waals surface area (Å²) in [6.07, 6.45) is 0.618. The summed E-state index contributed by atoms with van der Waals surface area (Å²) in [5.74, 6) is 1.40. The molecule has 1 aromatic heterocycles. The lowest BCUT2D eigenvalue weighted by atomic mass is 10.4. The first kappa shape index (κ1) is 10.7. The number of hydrogen-bond acceptors (Lipinski definition) is 4. The number of nitrogens with zero attached hydrogens (tertiary/aromatic N) is 3. The third-order valence-corrected chi connectivity index (χ3v) is 2.04. The van der Waals surface area contributed by atoms with Gasteiger partial charge in [0.1, 0.15) is 11.6 Å². The Labute approximate surface area is 83.2 Å². The minimum absolute atomic E-state index is 0.0489. The molecule has 0 atom stereocenters. The van der Waals surface area contributed by atoms with Crippen molar-refractivity contribution in [1.82, 2.24) is 9.55 Å². The van der Waals surface area contributed by atoms with Gasteiger partial charge in [0.25, 0.3) is 5.56 Å². The Morgan fingerprint density at radius 3 is 2.71 bits per heavy atom. The molecule has 1 heterocycles. The predicted molar refractivity (Wildman–Crippen MR) is 56.6 cm³/mol. The van der Waals surface area contributed by atoms with E-state index in [9.17, 15) is 4.79 Å². The average molecular weight is 196 g/mol. The minimum atomic E-state index is -0.0489. The first-order valence-electron chi connectivity index (χ1n) is 4.50. The Morgan fingerprint density at radius 2 is 2.21 bits per heavy atom. The molecule has 0 spiro atoms.